The van der Waals surface area contributed by atoms with Crippen molar-refractivity contribution in [2.24, 2.45) is 10.3 Å². The zero-order valence-corrected chi connectivity index (χ0v) is 3.77. The van der Waals surface area contributed by atoms with Gasteiger partial charge in [-0.1, -0.05) is 0 Å². The first kappa shape index (κ1) is 3.60. The average Bonchev–Trinajstić information content (AvgIpc) is 1.86. The van der Waals surface area contributed by atoms with Crippen LogP contribution in [0.15, 0.2) is 10.3 Å². The Balaban J connectivity index is 2.59. The lowest BCUT2D eigenvalue weighted by Crippen LogP contribution is -2.14. The largest absolute Gasteiger partial charge is 0.259 e. The summed E-state index contributed by atoms with van der Waals surface area (Å²) < 4.78 is 1.15. The minimum Gasteiger partial charge on any atom is -0.175 e. The predicted molar refractivity (Wildman–Crippen MR) is 20.5 cm³/mol. The summed E-state index contributed by atoms with van der Waals surface area (Å²) >= 11 is 4.46. The van der Waals surface area contributed by atoms with E-state index in [1.54, 1.807) is 0 Å². The molecule has 0 atom stereocenters. The molecule has 0 spiro atoms. The van der Waals surface area contributed by atoms with Gasteiger partial charge in [-0.3, -0.25) is 0 Å². The number of nitrogens with zero attached hydrogens (tertiary/aromatic N) is 3. The first-order valence-corrected chi connectivity index (χ1v) is 1.84. The fourth-order valence-electron chi connectivity index (χ4n) is 0.213. The minimum absolute atomic E-state index is 0.517. The highest BCUT2D eigenvalue weighted by molar-refractivity contribution is 7.44. The van der Waals surface area contributed by atoms with E-state index >= 15 is 0 Å². The van der Waals surface area contributed by atoms with Gasteiger partial charge < -0.3 is 0 Å². The normalized spacial score (nSPS) is 18.3. The smallest absolute Gasteiger partial charge is 0.175 e. The van der Waals surface area contributed by atoms with Crippen LogP contribution in [0.1, 0.15) is 0 Å². The highest BCUT2D eigenvalue weighted by Crippen LogP contribution is 1.79. The number of hydrogen-bond donors (Lipinski definition) is 1. The second-order valence-corrected chi connectivity index (χ2v) is 1.17. The van der Waals surface area contributed by atoms with E-state index in [9.17, 15) is 0 Å². The van der Waals surface area contributed by atoms with Gasteiger partial charge >= 0.3 is 0 Å². The molecule has 5 heteroatoms. The number of rotatable bonds is 0. The molecule has 32 valence electrons. The fourth-order valence-corrected chi connectivity index (χ4v) is 0.322. The van der Waals surface area contributed by atoms with Crippen LogP contribution in [0.4, 0.5) is 0 Å². The van der Waals surface area contributed by atoms with Crippen molar-refractivity contribution in [1.29, 1.82) is 0 Å². The van der Waals surface area contributed by atoms with Gasteiger partial charge in [-0.15, -0.1) is 0 Å². The predicted octanol–water partition coefficient (Wildman–Crippen LogP) is -0.428. The van der Waals surface area contributed by atoms with Crippen LogP contribution in [0.25, 0.3) is 0 Å². The van der Waals surface area contributed by atoms with Gasteiger partial charge in [0.05, 0.1) is 5.11 Å². The van der Waals surface area contributed by atoms with Crippen molar-refractivity contribution in [2.75, 3.05) is 6.67 Å². The Morgan fingerprint density at radius 2 is 2.67 bits per heavy atom. The van der Waals surface area contributed by atoms with E-state index < -0.39 is 0 Å². The maximum atomic E-state index is 4.46. The monoisotopic (exact) mass is 103 g/mol. The molecule has 1 aliphatic heterocycles. The van der Waals surface area contributed by atoms with E-state index in [2.05, 4.69) is 28.2 Å². The number of hydrazine groups is 1. The van der Waals surface area contributed by atoms with Crippen molar-refractivity contribution in [1.82, 2.24) is 5.43 Å². The molecular weight excluding hydrogens is 100 g/mol. The summed E-state index contributed by atoms with van der Waals surface area (Å²) in [5.74, 6) is 0. The van der Waals surface area contributed by atoms with E-state index in [0.717, 1.165) is 4.16 Å². The van der Waals surface area contributed by atoms with Gasteiger partial charge in [0, 0.05) is 4.16 Å². The Morgan fingerprint density at radius 1 is 1.83 bits per heavy atom. The molecule has 0 aromatic rings. The second kappa shape index (κ2) is 1.25. The van der Waals surface area contributed by atoms with Gasteiger partial charge in [0.15, 0.2) is 5.22 Å². The summed E-state index contributed by atoms with van der Waals surface area (Å²) in [6.45, 7) is 0.517. The highest BCUT2D eigenvalue weighted by atomic mass is 32.1. The standard InChI is InChI=1S/CH3N4S/c6-5-3-1-2-4-5/h1H2,(H,3,6)/q+1. The molecule has 0 aliphatic carbocycles. The first-order valence-electron chi connectivity index (χ1n) is 1.48. The summed E-state index contributed by atoms with van der Waals surface area (Å²) in [5.41, 5.74) is 2.63. The zero-order chi connectivity index (χ0) is 4.41. The highest BCUT2D eigenvalue weighted by Gasteiger charge is 2.03. The van der Waals surface area contributed by atoms with Crippen molar-refractivity contribution in [3.05, 3.63) is 0 Å². The zero-order valence-electron chi connectivity index (χ0n) is 2.96. The summed E-state index contributed by atoms with van der Waals surface area (Å²) in [6, 6.07) is 0. The molecule has 0 radical (unpaired) electrons. The molecule has 0 amide bonds. The Kier molecular flexibility index (Phi) is 0.754. The molecule has 0 aromatic carbocycles. The maximum Gasteiger partial charge on any atom is 0.259 e. The lowest BCUT2D eigenvalue weighted by molar-refractivity contribution is -0.555. The van der Waals surface area contributed by atoms with Gasteiger partial charge in [0.2, 0.25) is 12.4 Å². The van der Waals surface area contributed by atoms with Crippen molar-refractivity contribution >= 4 is 12.4 Å². The van der Waals surface area contributed by atoms with Crippen molar-refractivity contribution in [3.63, 3.8) is 0 Å². The van der Waals surface area contributed by atoms with Crippen molar-refractivity contribution in [3.8, 4) is 0 Å². The molecule has 4 nitrogen and oxygen atoms in total. The summed E-state index contributed by atoms with van der Waals surface area (Å²) in [5, 5.41) is 6.90. The molecule has 0 unspecified atom stereocenters. The van der Waals surface area contributed by atoms with Gasteiger partial charge in [0.1, 0.15) is 0 Å². The topological polar surface area (TPSA) is 39.8 Å². The van der Waals surface area contributed by atoms with Crippen LogP contribution < -0.4 is 5.43 Å². The van der Waals surface area contributed by atoms with Crippen molar-refractivity contribution in [2.45, 2.75) is 0 Å². The summed E-state index contributed by atoms with van der Waals surface area (Å²) in [6.07, 6.45) is 0. The SMILES string of the molecule is S=[N+]1N=NCN1. The third kappa shape index (κ3) is 0.486. The quantitative estimate of drug-likeness (QED) is 0.423. The molecule has 0 aromatic heterocycles. The lowest BCUT2D eigenvalue weighted by Gasteiger charge is -1.72. The molecule has 1 N–H and O–H groups in total. The van der Waals surface area contributed by atoms with Crippen LogP contribution in [-0.4, -0.2) is 10.8 Å². The molecular formula is CH3N4S+. The van der Waals surface area contributed by atoms with Crippen LogP contribution in [-0.2, 0) is 12.4 Å². The summed E-state index contributed by atoms with van der Waals surface area (Å²) in [7, 11) is 0. The molecule has 1 heterocycles. The van der Waals surface area contributed by atoms with Gasteiger partial charge in [0.25, 0.3) is 6.67 Å². The van der Waals surface area contributed by atoms with Crippen LogP contribution in [0.5, 0.6) is 0 Å². The van der Waals surface area contributed by atoms with E-state index in [0.29, 0.717) is 6.67 Å². The van der Waals surface area contributed by atoms with E-state index in [1.807, 2.05) is 0 Å². The minimum atomic E-state index is 0.517. The van der Waals surface area contributed by atoms with Crippen LogP contribution in [0, 0.1) is 0 Å². The Bertz CT molecular complexity index is 95.7. The summed E-state index contributed by atoms with van der Waals surface area (Å²) in [4.78, 5) is 0. The second-order valence-electron chi connectivity index (χ2n) is 0.820. The van der Waals surface area contributed by atoms with Gasteiger partial charge in [-0.05, 0) is 0 Å². The van der Waals surface area contributed by atoms with E-state index in [1.165, 1.54) is 0 Å². The van der Waals surface area contributed by atoms with Gasteiger partial charge in [-0.25, -0.2) is 0 Å². The average molecular weight is 103 g/mol. The molecule has 0 bridgehead atoms. The van der Waals surface area contributed by atoms with E-state index in [4.69, 9.17) is 0 Å². The Morgan fingerprint density at radius 3 is 2.83 bits per heavy atom. The lowest BCUT2D eigenvalue weighted by atomic mass is 11.2. The third-order valence-electron chi connectivity index (χ3n) is 0.421. The first-order chi connectivity index (χ1) is 2.89. The van der Waals surface area contributed by atoms with Crippen LogP contribution in [0.2, 0.25) is 0 Å². The fraction of sp³-hybridized carbons (Fsp3) is 1.00. The molecule has 6 heavy (non-hydrogen) atoms. The Labute approximate surface area is 40.0 Å². The van der Waals surface area contributed by atoms with Gasteiger partial charge in [-0.2, -0.15) is 5.43 Å². The molecule has 1 aliphatic rings. The third-order valence-corrected chi connectivity index (χ3v) is 0.623. The van der Waals surface area contributed by atoms with Crippen molar-refractivity contribution < 1.29 is 4.16 Å². The number of nitrogens with one attached hydrogen (secondary N) is 1. The maximum absolute atomic E-state index is 4.46. The Hall–Kier alpha value is -0.580. The molecule has 0 saturated heterocycles. The van der Waals surface area contributed by atoms with Crippen LogP contribution >= 0.6 is 0 Å². The number of hydrogen-bond acceptors (Lipinski definition) is 2. The van der Waals surface area contributed by atoms with Crippen LogP contribution in [0.3, 0.4) is 0 Å². The molecule has 0 saturated carbocycles. The molecule has 1 rings (SSSR count). The molecule has 0 fully saturated rings. The van der Waals surface area contributed by atoms with E-state index in [-0.39, 0.29) is 0 Å².